The summed E-state index contributed by atoms with van der Waals surface area (Å²) in [4.78, 5) is 24.0. The molecule has 8 heteroatoms. The van der Waals surface area contributed by atoms with Crippen LogP contribution >= 0.6 is 11.6 Å². The van der Waals surface area contributed by atoms with Crippen LogP contribution in [0.5, 0.6) is 0 Å². The van der Waals surface area contributed by atoms with Gasteiger partial charge < -0.3 is 20.2 Å². The van der Waals surface area contributed by atoms with Gasteiger partial charge in [-0.05, 0) is 53.9 Å². The van der Waals surface area contributed by atoms with Crippen LogP contribution in [0.15, 0.2) is 70.7 Å². The Morgan fingerprint density at radius 2 is 1.82 bits per heavy atom. The van der Waals surface area contributed by atoms with E-state index in [-0.39, 0.29) is 30.5 Å². The quantitative estimate of drug-likeness (QED) is 0.268. The van der Waals surface area contributed by atoms with Crippen molar-refractivity contribution in [2.45, 2.75) is 19.3 Å². The number of hydrogen-bond donors (Lipinski definition) is 3. The number of rotatable bonds is 8. The van der Waals surface area contributed by atoms with Gasteiger partial charge in [-0.2, -0.15) is 0 Å². The second-order valence-corrected chi connectivity index (χ2v) is 8.21. The van der Waals surface area contributed by atoms with Gasteiger partial charge in [0.2, 0.25) is 5.56 Å². The summed E-state index contributed by atoms with van der Waals surface area (Å²) in [5, 5.41) is 25.5. The lowest BCUT2D eigenvalue weighted by atomic mass is 9.83. The Morgan fingerprint density at radius 3 is 2.42 bits per heavy atom. The Hall–Kier alpha value is -3.42. The van der Waals surface area contributed by atoms with Gasteiger partial charge in [-0.15, -0.1) is 0 Å². The number of aryl methyl sites for hydroxylation is 2. The zero-order valence-corrected chi connectivity index (χ0v) is 19.2. The van der Waals surface area contributed by atoms with E-state index in [0.29, 0.717) is 28.3 Å². The summed E-state index contributed by atoms with van der Waals surface area (Å²) in [6.45, 7) is 2.02. The van der Waals surface area contributed by atoms with Crippen LogP contribution in [0.1, 0.15) is 45.0 Å². The van der Waals surface area contributed by atoms with E-state index in [0.717, 1.165) is 16.7 Å². The first kappa shape index (κ1) is 24.2. The molecule has 2 aromatic carbocycles. The minimum absolute atomic E-state index is 0.129. The molecule has 1 amide bonds. The molecule has 0 radical (unpaired) electrons. The Morgan fingerprint density at radius 1 is 1.12 bits per heavy atom. The Balaban J connectivity index is 2.00. The molecule has 33 heavy (non-hydrogen) atoms. The molecule has 0 aliphatic carbocycles. The number of pyridine rings is 1. The average Bonchev–Trinajstić information content (AvgIpc) is 2.81. The fraction of sp³-hybridized carbons (Fsp3) is 0.240. The first-order valence-electron chi connectivity index (χ1n) is 10.5. The Bertz CT molecular complexity index is 1220. The van der Waals surface area contributed by atoms with Gasteiger partial charge in [-0.1, -0.05) is 35.0 Å². The van der Waals surface area contributed by atoms with Crippen LogP contribution in [0.25, 0.3) is 0 Å². The molecule has 3 rings (SSSR count). The van der Waals surface area contributed by atoms with Crippen LogP contribution in [0, 0.1) is 6.92 Å². The maximum atomic E-state index is 12.2. The number of aliphatic hydroxyl groups is 1. The first-order chi connectivity index (χ1) is 15.8. The number of amides is 1. The number of halogens is 1. The van der Waals surface area contributed by atoms with Gasteiger partial charge >= 0.3 is 0 Å². The lowest BCUT2D eigenvalue weighted by Gasteiger charge is -2.21. The average molecular weight is 468 g/mol. The third-order valence-corrected chi connectivity index (χ3v) is 5.75. The number of aliphatic hydroxyl groups excluding tert-OH is 1. The van der Waals surface area contributed by atoms with Gasteiger partial charge in [0.05, 0.1) is 12.3 Å². The second-order valence-electron chi connectivity index (χ2n) is 7.77. The van der Waals surface area contributed by atoms with Crippen LogP contribution in [0.3, 0.4) is 0 Å². The van der Waals surface area contributed by atoms with Crippen molar-refractivity contribution in [3.05, 3.63) is 104 Å². The van der Waals surface area contributed by atoms with Crippen LogP contribution in [0.2, 0.25) is 5.02 Å². The molecule has 1 atom stereocenters. The van der Waals surface area contributed by atoms with E-state index in [1.54, 1.807) is 31.4 Å². The van der Waals surface area contributed by atoms with Gasteiger partial charge in [0.15, 0.2) is 0 Å². The summed E-state index contributed by atoms with van der Waals surface area (Å²) in [5.74, 6) is -0.461. The Labute approximate surface area is 197 Å². The molecule has 172 valence electrons. The largest absolute Gasteiger partial charge is 0.411 e. The summed E-state index contributed by atoms with van der Waals surface area (Å²) in [6, 6.07) is 15.9. The van der Waals surface area contributed by atoms with Crippen LogP contribution in [0.4, 0.5) is 0 Å². The van der Waals surface area contributed by atoms with E-state index in [4.69, 9.17) is 16.7 Å². The molecule has 0 aliphatic heterocycles. The van der Waals surface area contributed by atoms with Crippen molar-refractivity contribution < 1.29 is 15.1 Å². The zero-order chi connectivity index (χ0) is 24.0. The molecule has 0 spiro atoms. The minimum Gasteiger partial charge on any atom is -0.411 e. The molecular weight excluding hydrogens is 442 g/mol. The van der Waals surface area contributed by atoms with Gasteiger partial charge in [0.25, 0.3) is 5.91 Å². The highest BCUT2D eigenvalue weighted by Gasteiger charge is 2.21. The number of benzene rings is 2. The van der Waals surface area contributed by atoms with E-state index in [1.165, 1.54) is 10.6 Å². The van der Waals surface area contributed by atoms with Gasteiger partial charge in [-0.25, -0.2) is 0 Å². The SMILES string of the molecule is Cc1cc(Cl)ccc1C(CC(=NO)c1ccc(=O)n(C)c1)c1ccc(C(=O)NCCO)cc1. The van der Waals surface area contributed by atoms with Crippen molar-refractivity contribution in [2.75, 3.05) is 13.2 Å². The highest BCUT2D eigenvalue weighted by atomic mass is 35.5. The summed E-state index contributed by atoms with van der Waals surface area (Å²) >= 11 is 6.17. The molecule has 1 aromatic heterocycles. The summed E-state index contributed by atoms with van der Waals surface area (Å²) in [7, 11) is 1.64. The van der Waals surface area contributed by atoms with E-state index in [1.807, 2.05) is 37.3 Å². The molecule has 0 bridgehead atoms. The summed E-state index contributed by atoms with van der Waals surface area (Å²) < 4.78 is 1.43. The molecule has 3 N–H and O–H groups in total. The molecule has 0 fully saturated rings. The molecule has 0 saturated heterocycles. The number of hydrogen-bond acceptors (Lipinski definition) is 5. The van der Waals surface area contributed by atoms with Crippen LogP contribution < -0.4 is 10.9 Å². The highest BCUT2D eigenvalue weighted by molar-refractivity contribution is 6.30. The van der Waals surface area contributed by atoms with Crippen molar-refractivity contribution in [1.29, 1.82) is 0 Å². The summed E-state index contributed by atoms with van der Waals surface area (Å²) in [5.41, 5.74) is 4.29. The third kappa shape index (κ3) is 5.88. The highest BCUT2D eigenvalue weighted by Crippen LogP contribution is 2.33. The molecule has 3 aromatic rings. The van der Waals surface area contributed by atoms with E-state index in [9.17, 15) is 14.8 Å². The van der Waals surface area contributed by atoms with Crippen molar-refractivity contribution in [3.8, 4) is 0 Å². The number of carbonyl (C=O) groups excluding carboxylic acids is 1. The van der Waals surface area contributed by atoms with Crippen molar-refractivity contribution >= 4 is 23.2 Å². The number of oxime groups is 1. The predicted molar refractivity (Wildman–Crippen MR) is 129 cm³/mol. The number of nitrogens with one attached hydrogen (secondary N) is 1. The first-order valence-corrected chi connectivity index (χ1v) is 10.8. The fourth-order valence-electron chi connectivity index (χ4n) is 3.75. The second kappa shape index (κ2) is 10.9. The third-order valence-electron chi connectivity index (χ3n) is 5.52. The molecular formula is C25H26ClN3O4. The topological polar surface area (TPSA) is 104 Å². The van der Waals surface area contributed by atoms with Crippen molar-refractivity contribution in [1.82, 2.24) is 9.88 Å². The van der Waals surface area contributed by atoms with E-state index >= 15 is 0 Å². The Kier molecular flexibility index (Phi) is 8.03. The lowest BCUT2D eigenvalue weighted by Crippen LogP contribution is -2.26. The molecule has 7 nitrogen and oxygen atoms in total. The van der Waals surface area contributed by atoms with Gasteiger partial charge in [0.1, 0.15) is 0 Å². The number of carbonyl (C=O) groups is 1. The van der Waals surface area contributed by atoms with Crippen molar-refractivity contribution in [3.63, 3.8) is 0 Å². The standard InChI is InChI=1S/C25H26ClN3O4/c1-16-13-20(26)8-9-21(16)22(14-23(28-33)19-7-10-24(31)29(2)15-19)17-3-5-18(6-4-17)25(32)27-11-12-30/h3-10,13,15,22,30,33H,11-12,14H2,1-2H3,(H,27,32). The fourth-order valence-corrected chi connectivity index (χ4v) is 3.98. The zero-order valence-electron chi connectivity index (χ0n) is 18.5. The van der Waals surface area contributed by atoms with Gasteiger partial charge in [0, 0.05) is 54.3 Å². The minimum atomic E-state index is -0.266. The lowest BCUT2D eigenvalue weighted by molar-refractivity contribution is 0.0944. The number of aromatic nitrogens is 1. The molecule has 1 unspecified atom stereocenters. The summed E-state index contributed by atoms with van der Waals surface area (Å²) in [6.07, 6.45) is 1.99. The maximum absolute atomic E-state index is 12.2. The van der Waals surface area contributed by atoms with E-state index in [2.05, 4.69) is 10.5 Å². The van der Waals surface area contributed by atoms with Gasteiger partial charge in [-0.3, -0.25) is 9.59 Å². The van der Waals surface area contributed by atoms with Crippen LogP contribution in [-0.2, 0) is 7.05 Å². The van der Waals surface area contributed by atoms with Crippen molar-refractivity contribution in [2.24, 2.45) is 12.2 Å². The molecule has 0 saturated carbocycles. The predicted octanol–water partition coefficient (Wildman–Crippen LogP) is 3.47. The smallest absolute Gasteiger partial charge is 0.251 e. The van der Waals surface area contributed by atoms with E-state index < -0.39 is 0 Å². The normalized spacial score (nSPS) is 12.4. The van der Waals surface area contributed by atoms with Crippen LogP contribution in [-0.4, -0.2) is 39.7 Å². The molecule has 1 heterocycles. The molecule has 0 aliphatic rings. The monoisotopic (exact) mass is 467 g/mol. The number of nitrogens with zero attached hydrogens (tertiary/aromatic N) is 2. The maximum Gasteiger partial charge on any atom is 0.251 e.